The molecule has 1 amide bonds. The third kappa shape index (κ3) is 7.05. The molecule has 0 saturated carbocycles. The number of hydrogen-bond acceptors (Lipinski definition) is 10. The number of nitrogens with zero attached hydrogens (tertiary/aromatic N) is 1. The zero-order valence-corrected chi connectivity index (χ0v) is 24.3. The molecular weight excluding hydrogens is 526 g/mol. The Morgan fingerprint density at radius 1 is 1.16 bits per heavy atom. The molecule has 3 saturated heterocycles. The number of amides is 1. The van der Waals surface area contributed by atoms with E-state index in [9.17, 15) is 20.1 Å². The van der Waals surface area contributed by atoms with Crippen molar-refractivity contribution in [1.29, 1.82) is 0 Å². The third-order valence-electron chi connectivity index (χ3n) is 7.71. The Bertz CT molecular complexity index is 907. The number of carbonyl (C=O) groups is 1. The highest BCUT2D eigenvalue weighted by Gasteiger charge is 2.49. The van der Waals surface area contributed by atoms with E-state index in [-0.39, 0.29) is 17.3 Å². The number of benzene rings is 1. The van der Waals surface area contributed by atoms with E-state index in [0.717, 1.165) is 37.2 Å². The number of aliphatic hydroxyl groups excluding tert-OH is 3. The second-order valence-electron chi connectivity index (χ2n) is 10.9. The standard InChI is InChI=1S/C27H43N3O6S2/c1-15(38-18-10-8-16(9-11-18)14-30(2)3)19(25-22(32)21(31)23(33)27(36-25)37-4)29-26(34)20-24-17(13-28-20)7-5-6-12-35-24/h8-11,15,17,19-25,27-28,31-33H,5-7,12-14H2,1-4H3,(H,29,34)/t15-,17-,19+,20?,21?,22?,23?,24+,25?,27?/m0/s1. The van der Waals surface area contributed by atoms with Gasteiger partial charge in [-0.05, 0) is 56.8 Å². The van der Waals surface area contributed by atoms with Crippen LogP contribution >= 0.6 is 23.5 Å². The van der Waals surface area contributed by atoms with Gasteiger partial charge in [-0.25, -0.2) is 0 Å². The van der Waals surface area contributed by atoms with E-state index in [4.69, 9.17) is 9.47 Å². The van der Waals surface area contributed by atoms with Gasteiger partial charge in [-0.2, -0.15) is 0 Å². The molecule has 0 bridgehead atoms. The molecule has 5 N–H and O–H groups in total. The molecule has 214 valence electrons. The van der Waals surface area contributed by atoms with E-state index in [1.807, 2.05) is 21.0 Å². The molecule has 9 nitrogen and oxygen atoms in total. The molecule has 11 heteroatoms. The van der Waals surface area contributed by atoms with E-state index in [0.29, 0.717) is 12.5 Å². The monoisotopic (exact) mass is 569 g/mol. The van der Waals surface area contributed by atoms with Gasteiger partial charge in [-0.3, -0.25) is 4.79 Å². The van der Waals surface area contributed by atoms with Gasteiger partial charge in [0.05, 0.1) is 12.1 Å². The molecule has 10 atom stereocenters. The van der Waals surface area contributed by atoms with Gasteiger partial charge in [-0.15, -0.1) is 23.5 Å². The maximum Gasteiger partial charge on any atom is 0.240 e. The van der Waals surface area contributed by atoms with E-state index in [1.54, 1.807) is 18.0 Å². The number of rotatable bonds is 9. The van der Waals surface area contributed by atoms with Gasteiger partial charge in [-0.1, -0.05) is 25.5 Å². The molecular formula is C27H43N3O6S2. The molecule has 1 aromatic rings. The lowest BCUT2D eigenvalue weighted by Crippen LogP contribution is -2.65. The van der Waals surface area contributed by atoms with Crippen LogP contribution in [0.5, 0.6) is 0 Å². The Morgan fingerprint density at radius 2 is 1.89 bits per heavy atom. The number of hydrogen-bond donors (Lipinski definition) is 5. The predicted molar refractivity (Wildman–Crippen MR) is 150 cm³/mol. The summed E-state index contributed by atoms with van der Waals surface area (Å²) in [6.45, 7) is 4.21. The molecule has 6 unspecified atom stereocenters. The van der Waals surface area contributed by atoms with Gasteiger partial charge in [0.15, 0.2) is 0 Å². The fourth-order valence-electron chi connectivity index (χ4n) is 5.66. The zero-order chi connectivity index (χ0) is 27.4. The summed E-state index contributed by atoms with van der Waals surface area (Å²) in [5, 5.41) is 38.3. The molecule has 3 aliphatic rings. The van der Waals surface area contributed by atoms with E-state index in [2.05, 4.69) is 39.8 Å². The van der Waals surface area contributed by atoms with Crippen LogP contribution in [0.4, 0.5) is 0 Å². The average molecular weight is 570 g/mol. The normalized spacial score (nSPS) is 35.4. The average Bonchev–Trinajstić information content (AvgIpc) is 3.15. The van der Waals surface area contributed by atoms with Crippen molar-refractivity contribution in [2.75, 3.05) is 33.5 Å². The van der Waals surface area contributed by atoms with Crippen molar-refractivity contribution in [1.82, 2.24) is 15.5 Å². The maximum atomic E-state index is 13.7. The minimum atomic E-state index is -1.38. The first-order valence-electron chi connectivity index (χ1n) is 13.5. The van der Waals surface area contributed by atoms with Crippen LogP contribution in [-0.4, -0.2) is 113 Å². The number of fused-ring (bicyclic) bond motifs is 1. The van der Waals surface area contributed by atoms with E-state index >= 15 is 0 Å². The predicted octanol–water partition coefficient (Wildman–Crippen LogP) is 1.04. The molecule has 38 heavy (non-hydrogen) atoms. The second-order valence-corrected chi connectivity index (χ2v) is 13.3. The van der Waals surface area contributed by atoms with Gasteiger partial charge in [0.1, 0.15) is 35.9 Å². The van der Waals surface area contributed by atoms with Crippen LogP contribution in [0.3, 0.4) is 0 Å². The molecule has 0 aromatic heterocycles. The highest BCUT2D eigenvalue weighted by atomic mass is 32.2. The number of thioether (sulfide) groups is 2. The number of ether oxygens (including phenoxy) is 2. The summed E-state index contributed by atoms with van der Waals surface area (Å²) in [6.07, 6.45) is -0.145. The van der Waals surface area contributed by atoms with Crippen molar-refractivity contribution >= 4 is 29.4 Å². The van der Waals surface area contributed by atoms with Crippen LogP contribution in [0, 0.1) is 5.92 Å². The molecule has 3 fully saturated rings. The summed E-state index contributed by atoms with van der Waals surface area (Å²) in [7, 11) is 4.06. The Kier molecular flexibility index (Phi) is 10.8. The number of carbonyl (C=O) groups excluding carboxylic acids is 1. The van der Waals surface area contributed by atoms with Crippen molar-refractivity contribution < 1.29 is 29.6 Å². The fourth-order valence-corrected chi connectivity index (χ4v) is 7.44. The van der Waals surface area contributed by atoms with Crippen LogP contribution in [0.15, 0.2) is 29.2 Å². The first kappa shape index (κ1) is 30.1. The van der Waals surface area contributed by atoms with Crippen LogP contribution in [0.1, 0.15) is 31.7 Å². The topological polar surface area (TPSA) is 124 Å². The van der Waals surface area contributed by atoms with Crippen molar-refractivity contribution in [3.8, 4) is 0 Å². The molecule has 0 aliphatic carbocycles. The van der Waals surface area contributed by atoms with Gasteiger partial charge in [0, 0.05) is 29.8 Å². The van der Waals surface area contributed by atoms with Gasteiger partial charge < -0.3 is 40.3 Å². The van der Waals surface area contributed by atoms with Gasteiger partial charge in [0.25, 0.3) is 0 Å². The lowest BCUT2D eigenvalue weighted by molar-refractivity contribution is -0.205. The van der Waals surface area contributed by atoms with Crippen LogP contribution < -0.4 is 10.6 Å². The summed E-state index contributed by atoms with van der Waals surface area (Å²) in [5.41, 5.74) is 0.479. The zero-order valence-electron chi connectivity index (χ0n) is 22.7. The molecule has 0 spiro atoms. The Hall–Kier alpha value is -0.890. The molecule has 1 aromatic carbocycles. The fraction of sp³-hybridized carbons (Fsp3) is 0.741. The molecule has 3 aliphatic heterocycles. The van der Waals surface area contributed by atoms with Crippen molar-refractivity contribution in [2.45, 2.75) is 90.9 Å². The number of nitrogens with one attached hydrogen (secondary N) is 2. The van der Waals surface area contributed by atoms with Crippen LogP contribution in [0.2, 0.25) is 0 Å². The van der Waals surface area contributed by atoms with Crippen molar-refractivity contribution in [3.05, 3.63) is 29.8 Å². The molecule has 3 heterocycles. The summed E-state index contributed by atoms with van der Waals surface area (Å²) < 4.78 is 12.2. The Labute approximate surface area is 234 Å². The highest BCUT2D eigenvalue weighted by Crippen LogP contribution is 2.34. The summed E-state index contributed by atoms with van der Waals surface area (Å²) >= 11 is 2.84. The lowest BCUT2D eigenvalue weighted by Gasteiger charge is -2.44. The smallest absolute Gasteiger partial charge is 0.240 e. The Balaban J connectivity index is 1.54. The summed E-state index contributed by atoms with van der Waals surface area (Å²) in [5.74, 6) is 0.101. The molecule has 0 radical (unpaired) electrons. The Morgan fingerprint density at radius 3 is 2.58 bits per heavy atom. The largest absolute Gasteiger partial charge is 0.388 e. The molecule has 4 rings (SSSR count). The summed E-state index contributed by atoms with van der Waals surface area (Å²) in [4.78, 5) is 16.8. The lowest BCUT2D eigenvalue weighted by atomic mass is 9.92. The number of aliphatic hydroxyl groups is 3. The van der Waals surface area contributed by atoms with Crippen LogP contribution in [-0.2, 0) is 20.8 Å². The second kappa shape index (κ2) is 13.6. The van der Waals surface area contributed by atoms with Gasteiger partial charge >= 0.3 is 0 Å². The first-order valence-corrected chi connectivity index (χ1v) is 15.6. The van der Waals surface area contributed by atoms with E-state index < -0.39 is 41.9 Å². The highest BCUT2D eigenvalue weighted by molar-refractivity contribution is 8.00. The quantitative estimate of drug-likeness (QED) is 0.276. The van der Waals surface area contributed by atoms with Crippen molar-refractivity contribution in [3.63, 3.8) is 0 Å². The third-order valence-corrected chi connectivity index (χ3v) is 9.77. The van der Waals surface area contributed by atoms with Gasteiger partial charge in [0.2, 0.25) is 5.91 Å². The summed E-state index contributed by atoms with van der Waals surface area (Å²) in [6, 6.07) is 7.17. The minimum Gasteiger partial charge on any atom is -0.388 e. The van der Waals surface area contributed by atoms with Crippen LogP contribution in [0.25, 0.3) is 0 Å². The maximum absolute atomic E-state index is 13.7. The van der Waals surface area contributed by atoms with E-state index in [1.165, 1.54) is 17.3 Å². The SMILES string of the molecule is CSC1OC([C@H](NC(=O)C2NC[C@@H]3CCCCO[C@@H]23)[C@H](C)Sc2ccc(CN(C)C)cc2)C(O)C(O)C1O. The minimum absolute atomic E-state index is 0.186. The first-order chi connectivity index (χ1) is 18.2. The van der Waals surface area contributed by atoms with Crippen molar-refractivity contribution in [2.24, 2.45) is 5.92 Å².